The van der Waals surface area contributed by atoms with Crippen molar-refractivity contribution >= 4 is 17.0 Å². The van der Waals surface area contributed by atoms with Gasteiger partial charge < -0.3 is 24.6 Å². The Morgan fingerprint density at radius 2 is 2.22 bits per heavy atom. The van der Waals surface area contributed by atoms with E-state index in [1.807, 2.05) is 20.3 Å². The number of fused-ring (bicyclic) bond motifs is 1. The van der Waals surface area contributed by atoms with Crippen LogP contribution in [0.1, 0.15) is 11.1 Å². The number of benzene rings is 1. The average molecular weight is 318 g/mol. The normalized spacial score (nSPS) is 18.2. The van der Waals surface area contributed by atoms with E-state index in [0.717, 1.165) is 24.9 Å². The molecule has 1 aliphatic rings. The third kappa shape index (κ3) is 3.65. The molecule has 1 aliphatic heterocycles. The van der Waals surface area contributed by atoms with Crippen molar-refractivity contribution < 1.29 is 19.1 Å². The van der Waals surface area contributed by atoms with E-state index in [-0.39, 0.29) is 18.9 Å². The number of carbonyl (C=O) groups excluding carboxylic acids is 1. The molecule has 0 radical (unpaired) electrons. The zero-order valence-corrected chi connectivity index (χ0v) is 13.6. The highest BCUT2D eigenvalue weighted by molar-refractivity contribution is 5.84. The van der Waals surface area contributed by atoms with E-state index in [4.69, 9.17) is 4.74 Å². The third-order valence-electron chi connectivity index (χ3n) is 4.42. The molecule has 0 bridgehead atoms. The molecule has 6 nitrogen and oxygen atoms in total. The maximum Gasteiger partial charge on any atom is 0.407 e. The van der Waals surface area contributed by atoms with Crippen molar-refractivity contribution in [2.75, 3.05) is 34.0 Å². The number of quaternary nitrogens is 1. The maximum atomic E-state index is 11.1. The van der Waals surface area contributed by atoms with E-state index in [9.17, 15) is 9.90 Å². The first-order valence-corrected chi connectivity index (χ1v) is 7.92. The smallest absolute Gasteiger partial charge is 0.407 e. The van der Waals surface area contributed by atoms with E-state index in [1.54, 1.807) is 0 Å². The Morgan fingerprint density at radius 3 is 2.91 bits per heavy atom. The molecule has 1 amide bonds. The van der Waals surface area contributed by atoms with Crippen molar-refractivity contribution in [3.63, 3.8) is 0 Å². The Labute approximate surface area is 135 Å². The van der Waals surface area contributed by atoms with Crippen molar-refractivity contribution in [1.82, 2.24) is 10.3 Å². The minimum atomic E-state index is -0.331. The summed E-state index contributed by atoms with van der Waals surface area (Å²) in [5, 5.41) is 13.4. The number of ether oxygens (including phenoxy) is 1. The summed E-state index contributed by atoms with van der Waals surface area (Å²) in [5.74, 6) is 0. The average Bonchev–Trinajstić information content (AvgIpc) is 3.11. The Hall–Kier alpha value is -2.05. The number of H-pyrrole nitrogens is 1. The molecule has 3 N–H and O–H groups in total. The van der Waals surface area contributed by atoms with Crippen LogP contribution in [0.2, 0.25) is 0 Å². The molecule has 6 heteroatoms. The lowest BCUT2D eigenvalue weighted by Gasteiger charge is -2.26. The predicted molar refractivity (Wildman–Crippen MR) is 88.0 cm³/mol. The first kappa shape index (κ1) is 15.8. The Kier molecular flexibility index (Phi) is 4.28. The van der Waals surface area contributed by atoms with Gasteiger partial charge in [0.15, 0.2) is 6.73 Å². The van der Waals surface area contributed by atoms with Crippen LogP contribution < -0.4 is 5.32 Å². The highest BCUT2D eigenvalue weighted by atomic mass is 16.6. The second kappa shape index (κ2) is 6.22. The summed E-state index contributed by atoms with van der Waals surface area (Å²) in [6.07, 6.45) is 3.39. The van der Waals surface area contributed by atoms with Crippen molar-refractivity contribution in [1.29, 1.82) is 0 Å². The van der Waals surface area contributed by atoms with Gasteiger partial charge >= 0.3 is 6.09 Å². The van der Waals surface area contributed by atoms with Crippen LogP contribution in [0, 0.1) is 0 Å². The molecule has 0 unspecified atom stereocenters. The number of amides is 1. The zero-order valence-electron chi connectivity index (χ0n) is 13.6. The first-order chi connectivity index (χ1) is 11.0. The van der Waals surface area contributed by atoms with E-state index in [1.165, 1.54) is 16.5 Å². The van der Waals surface area contributed by atoms with Crippen LogP contribution in [0.5, 0.6) is 0 Å². The van der Waals surface area contributed by atoms with Gasteiger partial charge in [0.2, 0.25) is 0 Å². The van der Waals surface area contributed by atoms with E-state index >= 15 is 0 Å². The quantitative estimate of drug-likeness (QED) is 0.556. The summed E-state index contributed by atoms with van der Waals surface area (Å²) >= 11 is 0. The maximum absolute atomic E-state index is 11.1. The standard InChI is InChI=1S/C17H23N3O3/c1-20(2,11-21)6-5-13-9-18-16-4-3-12(8-15(13)16)7-14-10-23-17(22)19-14/h3-4,8-9,14,18,21H,5-7,10-11H2,1-2H3/p+1/t14-/m0/s1. The molecule has 1 aromatic heterocycles. The van der Waals surface area contributed by atoms with Gasteiger partial charge in [-0.25, -0.2) is 4.79 Å². The summed E-state index contributed by atoms with van der Waals surface area (Å²) in [4.78, 5) is 14.4. The van der Waals surface area contributed by atoms with Gasteiger partial charge in [-0.3, -0.25) is 0 Å². The number of rotatable bonds is 6. The number of cyclic esters (lactones) is 1. The van der Waals surface area contributed by atoms with Gasteiger partial charge in [0.25, 0.3) is 0 Å². The van der Waals surface area contributed by atoms with Crippen LogP contribution in [-0.2, 0) is 17.6 Å². The van der Waals surface area contributed by atoms with Crippen LogP contribution in [0.15, 0.2) is 24.4 Å². The number of hydrogen-bond acceptors (Lipinski definition) is 3. The Bertz CT molecular complexity index is 708. The van der Waals surface area contributed by atoms with Crippen LogP contribution in [0.25, 0.3) is 10.9 Å². The largest absolute Gasteiger partial charge is 0.447 e. The fourth-order valence-electron chi connectivity index (χ4n) is 2.87. The third-order valence-corrected chi connectivity index (χ3v) is 4.42. The monoisotopic (exact) mass is 318 g/mol. The van der Waals surface area contributed by atoms with Gasteiger partial charge in [-0.15, -0.1) is 0 Å². The molecule has 2 heterocycles. The molecule has 1 saturated heterocycles. The summed E-state index contributed by atoms with van der Waals surface area (Å²) < 4.78 is 5.52. The molecule has 0 aliphatic carbocycles. The van der Waals surface area contributed by atoms with Crippen molar-refractivity contribution in [3.8, 4) is 0 Å². The second-order valence-electron chi connectivity index (χ2n) is 6.89. The Balaban J connectivity index is 1.75. The van der Waals surface area contributed by atoms with Gasteiger partial charge in [0.05, 0.1) is 26.7 Å². The number of aromatic nitrogens is 1. The zero-order chi connectivity index (χ0) is 16.4. The molecule has 1 atom stereocenters. The van der Waals surface area contributed by atoms with Crippen LogP contribution in [0.4, 0.5) is 4.79 Å². The fourth-order valence-corrected chi connectivity index (χ4v) is 2.87. The summed E-state index contributed by atoms with van der Waals surface area (Å²) in [6, 6.07) is 6.40. The predicted octanol–water partition coefficient (Wildman–Crippen LogP) is 1.39. The van der Waals surface area contributed by atoms with Crippen LogP contribution in [0.3, 0.4) is 0 Å². The number of aliphatic hydroxyl groups is 1. The van der Waals surface area contributed by atoms with Gasteiger partial charge in [-0.05, 0) is 29.7 Å². The fraction of sp³-hybridized carbons (Fsp3) is 0.471. The molecule has 1 fully saturated rings. The van der Waals surface area contributed by atoms with Crippen molar-refractivity contribution in [2.45, 2.75) is 18.9 Å². The lowest BCUT2D eigenvalue weighted by Crippen LogP contribution is -2.41. The first-order valence-electron chi connectivity index (χ1n) is 7.92. The molecule has 2 aromatic rings. The van der Waals surface area contributed by atoms with E-state index in [0.29, 0.717) is 11.1 Å². The number of hydrogen-bond donors (Lipinski definition) is 3. The molecule has 0 saturated carbocycles. The number of nitrogens with one attached hydrogen (secondary N) is 2. The highest BCUT2D eigenvalue weighted by Gasteiger charge is 2.22. The van der Waals surface area contributed by atoms with E-state index < -0.39 is 0 Å². The van der Waals surface area contributed by atoms with Crippen molar-refractivity contribution in [2.24, 2.45) is 0 Å². The molecule has 124 valence electrons. The number of aliphatic hydroxyl groups excluding tert-OH is 1. The molecule has 23 heavy (non-hydrogen) atoms. The van der Waals surface area contributed by atoms with Gasteiger partial charge in [0.1, 0.15) is 6.61 Å². The number of likely N-dealkylation sites (N-methyl/N-ethyl adjacent to an activating group) is 1. The number of alkyl carbamates (subject to hydrolysis) is 1. The van der Waals surface area contributed by atoms with Crippen LogP contribution >= 0.6 is 0 Å². The molecular formula is C17H24N3O3+. The van der Waals surface area contributed by atoms with Gasteiger partial charge in [-0.2, -0.15) is 0 Å². The topological polar surface area (TPSA) is 74.3 Å². The molecule has 0 spiro atoms. The molecule has 3 rings (SSSR count). The minimum Gasteiger partial charge on any atom is -0.447 e. The Morgan fingerprint density at radius 1 is 1.39 bits per heavy atom. The summed E-state index contributed by atoms with van der Waals surface area (Å²) in [5.41, 5.74) is 3.56. The van der Waals surface area contributed by atoms with Crippen LogP contribution in [-0.4, -0.2) is 60.7 Å². The highest BCUT2D eigenvalue weighted by Crippen LogP contribution is 2.22. The number of aromatic amines is 1. The second-order valence-corrected chi connectivity index (χ2v) is 6.89. The molecular weight excluding hydrogens is 294 g/mol. The lowest BCUT2D eigenvalue weighted by molar-refractivity contribution is -0.908. The van der Waals surface area contributed by atoms with E-state index in [2.05, 4.69) is 28.5 Å². The van der Waals surface area contributed by atoms with Gasteiger partial charge in [0, 0.05) is 23.5 Å². The summed E-state index contributed by atoms with van der Waals surface area (Å²) in [6.45, 7) is 1.44. The number of nitrogens with zero attached hydrogens (tertiary/aromatic N) is 1. The molecule has 1 aromatic carbocycles. The summed E-state index contributed by atoms with van der Waals surface area (Å²) in [7, 11) is 4.03. The number of carbonyl (C=O) groups is 1. The lowest BCUT2D eigenvalue weighted by atomic mass is 10.0. The van der Waals surface area contributed by atoms with Crippen molar-refractivity contribution in [3.05, 3.63) is 35.5 Å². The van der Waals surface area contributed by atoms with Gasteiger partial charge in [-0.1, -0.05) is 6.07 Å². The SMILES string of the molecule is C[N+](C)(CO)CCc1c[nH]c2ccc(C[C@H]3COC(=O)N3)cc12. The minimum absolute atomic E-state index is 0.0485.